The van der Waals surface area contributed by atoms with Gasteiger partial charge in [-0.3, -0.25) is 0 Å². The Balaban J connectivity index is 2.07. The summed E-state index contributed by atoms with van der Waals surface area (Å²) in [6.45, 7) is 3.27. The Morgan fingerprint density at radius 3 is 1.90 bits per heavy atom. The fourth-order valence-corrected chi connectivity index (χ4v) is 3.10. The van der Waals surface area contributed by atoms with Crippen molar-refractivity contribution in [1.29, 1.82) is 0 Å². The first-order valence-corrected chi connectivity index (χ1v) is 9.03. The maximum Gasteiger partial charge on any atom is 0.0214 e. The molecule has 0 amide bonds. The van der Waals surface area contributed by atoms with Crippen LogP contribution in [0, 0.1) is 0 Å². The Bertz CT molecular complexity index is 458. The van der Waals surface area contributed by atoms with Gasteiger partial charge in [0.25, 0.3) is 0 Å². The van der Waals surface area contributed by atoms with Crippen molar-refractivity contribution in [3.05, 3.63) is 71.8 Å². The van der Waals surface area contributed by atoms with Gasteiger partial charge in [0.1, 0.15) is 0 Å². The van der Waals surface area contributed by atoms with Crippen LogP contribution in [-0.4, -0.2) is 24.6 Å². The first-order chi connectivity index (χ1) is 10.3. The van der Waals surface area contributed by atoms with E-state index >= 15 is 0 Å². The molecule has 2 heteroatoms. The molecule has 0 saturated heterocycles. The molecule has 2 rings (SSSR count). The van der Waals surface area contributed by atoms with Gasteiger partial charge in [-0.25, -0.2) is 0 Å². The number of nitrogens with one attached hydrogen (secondary N) is 1. The van der Waals surface area contributed by atoms with Crippen molar-refractivity contribution in [1.82, 2.24) is 5.32 Å². The molecule has 0 saturated carbocycles. The molecule has 1 atom stereocenters. The molecule has 0 aromatic heterocycles. The predicted octanol–water partition coefficient (Wildman–Crippen LogP) is 4.55. The average Bonchev–Trinajstić information content (AvgIpc) is 2.55. The highest BCUT2D eigenvalue weighted by Gasteiger charge is 2.14. The van der Waals surface area contributed by atoms with E-state index < -0.39 is 0 Å². The second kappa shape index (κ2) is 8.91. The SMILES string of the molecule is CSCCC(C)NCC(c1ccccc1)c1ccccc1. The van der Waals surface area contributed by atoms with Crippen LogP contribution in [0.2, 0.25) is 0 Å². The summed E-state index contributed by atoms with van der Waals surface area (Å²) in [5, 5.41) is 3.70. The molecule has 21 heavy (non-hydrogen) atoms. The van der Waals surface area contributed by atoms with Gasteiger partial charge in [0.05, 0.1) is 0 Å². The zero-order valence-corrected chi connectivity index (χ0v) is 13.8. The fourth-order valence-electron chi connectivity index (χ4n) is 2.51. The number of hydrogen-bond acceptors (Lipinski definition) is 2. The van der Waals surface area contributed by atoms with Crippen molar-refractivity contribution >= 4 is 11.8 Å². The van der Waals surface area contributed by atoms with Crippen LogP contribution in [0.3, 0.4) is 0 Å². The molecule has 0 aliphatic heterocycles. The Labute approximate surface area is 133 Å². The van der Waals surface area contributed by atoms with Gasteiger partial charge in [0.2, 0.25) is 0 Å². The van der Waals surface area contributed by atoms with E-state index in [0.29, 0.717) is 12.0 Å². The van der Waals surface area contributed by atoms with Gasteiger partial charge in [-0.05, 0) is 36.5 Å². The summed E-state index contributed by atoms with van der Waals surface area (Å²) >= 11 is 1.92. The molecule has 0 aliphatic rings. The number of hydrogen-bond donors (Lipinski definition) is 1. The lowest BCUT2D eigenvalue weighted by Gasteiger charge is -2.22. The fraction of sp³-hybridized carbons (Fsp3) is 0.368. The van der Waals surface area contributed by atoms with E-state index in [1.165, 1.54) is 23.3 Å². The van der Waals surface area contributed by atoms with Gasteiger partial charge in [0, 0.05) is 18.5 Å². The van der Waals surface area contributed by atoms with Crippen LogP contribution in [-0.2, 0) is 0 Å². The summed E-state index contributed by atoms with van der Waals surface area (Å²) in [5.74, 6) is 1.64. The van der Waals surface area contributed by atoms with Crippen molar-refractivity contribution in [2.24, 2.45) is 0 Å². The van der Waals surface area contributed by atoms with E-state index in [1.54, 1.807) is 0 Å². The minimum absolute atomic E-state index is 0.420. The van der Waals surface area contributed by atoms with Gasteiger partial charge in [-0.2, -0.15) is 11.8 Å². The smallest absolute Gasteiger partial charge is 0.0214 e. The molecule has 2 aromatic carbocycles. The monoisotopic (exact) mass is 299 g/mol. The van der Waals surface area contributed by atoms with Crippen molar-refractivity contribution < 1.29 is 0 Å². The molecule has 0 bridgehead atoms. The molecule has 0 spiro atoms. The quantitative estimate of drug-likeness (QED) is 0.767. The maximum absolute atomic E-state index is 3.70. The highest BCUT2D eigenvalue weighted by atomic mass is 32.2. The van der Waals surface area contributed by atoms with Crippen LogP contribution in [0.4, 0.5) is 0 Å². The van der Waals surface area contributed by atoms with Gasteiger partial charge in [0.15, 0.2) is 0 Å². The topological polar surface area (TPSA) is 12.0 Å². The molecule has 1 nitrogen and oxygen atoms in total. The largest absolute Gasteiger partial charge is 0.313 e. The van der Waals surface area contributed by atoms with E-state index in [1.807, 2.05) is 11.8 Å². The lowest BCUT2D eigenvalue weighted by molar-refractivity contribution is 0.520. The lowest BCUT2D eigenvalue weighted by Crippen LogP contribution is -2.31. The third-order valence-electron chi connectivity index (χ3n) is 3.83. The van der Waals surface area contributed by atoms with Gasteiger partial charge < -0.3 is 5.32 Å². The van der Waals surface area contributed by atoms with Gasteiger partial charge in [-0.15, -0.1) is 0 Å². The summed E-state index contributed by atoms with van der Waals surface area (Å²) in [6.07, 6.45) is 3.39. The van der Waals surface area contributed by atoms with E-state index in [-0.39, 0.29) is 0 Å². The molecular formula is C19H25NS. The van der Waals surface area contributed by atoms with Crippen LogP contribution >= 0.6 is 11.8 Å². The number of benzene rings is 2. The summed E-state index contributed by atoms with van der Waals surface area (Å²) in [6, 6.07) is 22.2. The standard InChI is InChI=1S/C19H25NS/c1-16(13-14-21-2)20-15-19(17-9-5-3-6-10-17)18-11-7-4-8-12-18/h3-12,16,19-20H,13-15H2,1-2H3. The molecular weight excluding hydrogens is 274 g/mol. The van der Waals surface area contributed by atoms with Crippen LogP contribution in [0.1, 0.15) is 30.4 Å². The second-order valence-corrected chi connectivity index (χ2v) is 6.45. The van der Waals surface area contributed by atoms with Crippen molar-refractivity contribution in [3.8, 4) is 0 Å². The summed E-state index contributed by atoms with van der Waals surface area (Å²) < 4.78 is 0. The average molecular weight is 299 g/mol. The Morgan fingerprint density at radius 2 is 1.43 bits per heavy atom. The van der Waals surface area contributed by atoms with E-state index in [0.717, 1.165) is 6.54 Å². The molecule has 0 radical (unpaired) electrons. The molecule has 2 aromatic rings. The number of rotatable bonds is 8. The molecule has 1 unspecified atom stereocenters. The maximum atomic E-state index is 3.70. The Kier molecular flexibility index (Phi) is 6.84. The lowest BCUT2D eigenvalue weighted by atomic mass is 9.91. The molecule has 112 valence electrons. The Morgan fingerprint density at radius 1 is 0.905 bits per heavy atom. The van der Waals surface area contributed by atoms with Gasteiger partial charge >= 0.3 is 0 Å². The second-order valence-electron chi connectivity index (χ2n) is 5.46. The predicted molar refractivity (Wildman–Crippen MR) is 95.2 cm³/mol. The highest BCUT2D eigenvalue weighted by molar-refractivity contribution is 7.98. The van der Waals surface area contributed by atoms with E-state index in [2.05, 4.69) is 79.2 Å². The van der Waals surface area contributed by atoms with Crippen molar-refractivity contribution in [2.45, 2.75) is 25.3 Å². The number of thioether (sulfide) groups is 1. The minimum atomic E-state index is 0.420. The van der Waals surface area contributed by atoms with Crippen LogP contribution in [0.5, 0.6) is 0 Å². The van der Waals surface area contributed by atoms with Crippen molar-refractivity contribution in [2.75, 3.05) is 18.6 Å². The summed E-state index contributed by atoms with van der Waals surface area (Å²) in [5.41, 5.74) is 2.77. The van der Waals surface area contributed by atoms with E-state index in [4.69, 9.17) is 0 Å². The normalized spacial score (nSPS) is 12.5. The summed E-state index contributed by atoms with van der Waals surface area (Å²) in [7, 11) is 0. The van der Waals surface area contributed by atoms with E-state index in [9.17, 15) is 0 Å². The first kappa shape index (κ1) is 16.1. The Hall–Kier alpha value is -1.25. The molecule has 0 fully saturated rings. The van der Waals surface area contributed by atoms with Crippen LogP contribution in [0.15, 0.2) is 60.7 Å². The molecule has 0 aliphatic carbocycles. The third kappa shape index (κ3) is 5.22. The molecule has 0 heterocycles. The molecule has 1 N–H and O–H groups in total. The zero-order valence-electron chi connectivity index (χ0n) is 13.0. The first-order valence-electron chi connectivity index (χ1n) is 7.63. The van der Waals surface area contributed by atoms with Crippen LogP contribution in [0.25, 0.3) is 0 Å². The third-order valence-corrected chi connectivity index (χ3v) is 4.47. The summed E-state index contributed by atoms with van der Waals surface area (Å²) in [4.78, 5) is 0. The van der Waals surface area contributed by atoms with Crippen molar-refractivity contribution in [3.63, 3.8) is 0 Å². The minimum Gasteiger partial charge on any atom is -0.313 e. The highest BCUT2D eigenvalue weighted by Crippen LogP contribution is 2.23. The zero-order chi connectivity index (χ0) is 14.9. The van der Waals surface area contributed by atoms with Gasteiger partial charge in [-0.1, -0.05) is 60.7 Å². The van der Waals surface area contributed by atoms with Crippen LogP contribution < -0.4 is 5.32 Å².